The van der Waals surface area contributed by atoms with Crippen LogP contribution in [0.4, 0.5) is 5.69 Å². The smallest absolute Gasteiger partial charge is 0.287 e. The van der Waals surface area contributed by atoms with Crippen molar-refractivity contribution < 1.29 is 5.11 Å². The Hall–Kier alpha value is -1.11. The summed E-state index contributed by atoms with van der Waals surface area (Å²) in [5.74, 6) is 1.27. The van der Waals surface area contributed by atoms with Crippen molar-refractivity contribution in [2.75, 3.05) is 37.7 Å². The number of hydrogen-bond acceptors (Lipinski definition) is 5. The van der Waals surface area contributed by atoms with Gasteiger partial charge in [-0.3, -0.25) is 4.79 Å². The number of rotatable bonds is 3. The number of anilines is 1. The highest BCUT2D eigenvalue weighted by Crippen LogP contribution is 2.32. The molecule has 0 aliphatic carbocycles. The van der Waals surface area contributed by atoms with E-state index in [1.165, 1.54) is 4.68 Å². The number of aliphatic hydroxyl groups excluding tert-OH is 1. The largest absolute Gasteiger partial charge is 0.394 e. The predicted octanol–water partition coefficient (Wildman–Crippen LogP) is -0.455. The first-order chi connectivity index (χ1) is 9.20. The van der Waals surface area contributed by atoms with E-state index < -0.39 is 0 Å². The van der Waals surface area contributed by atoms with Crippen LogP contribution in [0.15, 0.2) is 11.0 Å². The number of nitrogens with one attached hydrogen (secondary N) is 1. The Morgan fingerprint density at radius 1 is 1.42 bits per heavy atom. The van der Waals surface area contributed by atoms with Crippen LogP contribution in [0.1, 0.15) is 0 Å². The summed E-state index contributed by atoms with van der Waals surface area (Å²) in [6.45, 7) is 3.96. The van der Waals surface area contributed by atoms with Crippen molar-refractivity contribution in [2.45, 2.75) is 6.54 Å². The second kappa shape index (κ2) is 5.11. The van der Waals surface area contributed by atoms with Crippen molar-refractivity contribution in [2.24, 2.45) is 11.8 Å². The normalized spacial score (nSPS) is 25.9. The summed E-state index contributed by atoms with van der Waals surface area (Å²) < 4.78 is 1.20. The molecule has 104 valence electrons. The third-order valence-electron chi connectivity index (χ3n) is 4.01. The maximum atomic E-state index is 12.0. The first-order valence-electron chi connectivity index (χ1n) is 6.53. The first kappa shape index (κ1) is 12.9. The first-order valence-corrected chi connectivity index (χ1v) is 6.90. The fourth-order valence-corrected chi connectivity index (χ4v) is 3.25. The molecule has 3 heterocycles. The molecule has 0 aromatic carbocycles. The standard InChI is InChI=1S/C12H17ClN4O2/c13-11-10(5-15-17(1-2-18)12(11)19)16-6-8-3-14-4-9(8)7-16/h5,8-9,14,18H,1-4,6-7H2. The molecule has 2 atom stereocenters. The van der Waals surface area contributed by atoms with Gasteiger partial charge < -0.3 is 15.3 Å². The molecule has 2 fully saturated rings. The van der Waals surface area contributed by atoms with Crippen LogP contribution in [0.3, 0.4) is 0 Å². The van der Waals surface area contributed by atoms with E-state index in [-0.39, 0.29) is 23.7 Å². The molecular formula is C12H17ClN4O2. The number of aromatic nitrogens is 2. The van der Waals surface area contributed by atoms with Crippen molar-refractivity contribution in [3.8, 4) is 0 Å². The van der Waals surface area contributed by atoms with Crippen LogP contribution in [-0.4, -0.2) is 47.7 Å². The van der Waals surface area contributed by atoms with Crippen LogP contribution in [0.25, 0.3) is 0 Å². The minimum atomic E-state index is -0.330. The lowest BCUT2D eigenvalue weighted by molar-refractivity contribution is 0.266. The van der Waals surface area contributed by atoms with E-state index in [1.54, 1.807) is 6.20 Å². The van der Waals surface area contributed by atoms with E-state index in [1.807, 2.05) is 0 Å². The van der Waals surface area contributed by atoms with Gasteiger partial charge in [-0.15, -0.1) is 0 Å². The van der Waals surface area contributed by atoms with Gasteiger partial charge in [-0.2, -0.15) is 5.10 Å². The summed E-state index contributed by atoms with van der Waals surface area (Å²) in [6, 6.07) is 0. The Kier molecular flexibility index (Phi) is 3.47. The highest BCUT2D eigenvalue weighted by atomic mass is 35.5. The molecule has 0 spiro atoms. The minimum Gasteiger partial charge on any atom is -0.394 e. The highest BCUT2D eigenvalue weighted by Gasteiger charge is 2.37. The zero-order chi connectivity index (χ0) is 13.4. The molecule has 2 saturated heterocycles. The van der Waals surface area contributed by atoms with E-state index in [0.717, 1.165) is 31.9 Å². The molecular weight excluding hydrogens is 268 g/mol. The number of hydrogen-bond donors (Lipinski definition) is 2. The Labute approximate surface area is 116 Å². The molecule has 19 heavy (non-hydrogen) atoms. The van der Waals surface area contributed by atoms with Crippen molar-refractivity contribution in [3.05, 3.63) is 21.6 Å². The number of halogens is 1. The Morgan fingerprint density at radius 2 is 2.11 bits per heavy atom. The van der Waals surface area contributed by atoms with Gasteiger partial charge in [0.05, 0.1) is 25.0 Å². The number of fused-ring (bicyclic) bond motifs is 1. The molecule has 2 N–H and O–H groups in total. The zero-order valence-electron chi connectivity index (χ0n) is 10.5. The summed E-state index contributed by atoms with van der Waals surface area (Å²) in [5.41, 5.74) is 0.388. The van der Waals surface area contributed by atoms with E-state index in [9.17, 15) is 4.79 Å². The van der Waals surface area contributed by atoms with E-state index in [2.05, 4.69) is 15.3 Å². The van der Waals surface area contributed by atoms with E-state index >= 15 is 0 Å². The molecule has 0 bridgehead atoms. The maximum absolute atomic E-state index is 12.0. The zero-order valence-corrected chi connectivity index (χ0v) is 11.3. The Balaban J connectivity index is 1.86. The van der Waals surface area contributed by atoms with Gasteiger partial charge in [-0.25, -0.2) is 4.68 Å². The third-order valence-corrected chi connectivity index (χ3v) is 4.36. The van der Waals surface area contributed by atoms with Crippen LogP contribution >= 0.6 is 11.6 Å². The topological polar surface area (TPSA) is 70.4 Å². The summed E-state index contributed by atoms with van der Waals surface area (Å²) in [6.07, 6.45) is 1.63. The third kappa shape index (κ3) is 2.24. The predicted molar refractivity (Wildman–Crippen MR) is 72.7 cm³/mol. The Morgan fingerprint density at radius 3 is 2.74 bits per heavy atom. The average molecular weight is 285 g/mol. The molecule has 6 nitrogen and oxygen atoms in total. The van der Waals surface area contributed by atoms with Gasteiger partial charge in [0, 0.05) is 26.2 Å². The fraction of sp³-hybridized carbons (Fsp3) is 0.667. The summed E-state index contributed by atoms with van der Waals surface area (Å²) in [5, 5.41) is 16.5. The molecule has 3 rings (SSSR count). The van der Waals surface area contributed by atoms with Crippen molar-refractivity contribution >= 4 is 17.3 Å². The van der Waals surface area contributed by atoms with Crippen LogP contribution in [0.2, 0.25) is 5.02 Å². The summed E-state index contributed by atoms with van der Waals surface area (Å²) >= 11 is 6.16. The number of nitrogens with zero attached hydrogens (tertiary/aromatic N) is 3. The molecule has 0 radical (unpaired) electrons. The van der Waals surface area contributed by atoms with Gasteiger partial charge in [0.2, 0.25) is 0 Å². The van der Waals surface area contributed by atoms with Gasteiger partial charge in [-0.05, 0) is 11.8 Å². The summed E-state index contributed by atoms with van der Waals surface area (Å²) in [4.78, 5) is 14.2. The van der Waals surface area contributed by atoms with Crippen LogP contribution in [0, 0.1) is 11.8 Å². The second-order valence-corrected chi connectivity index (χ2v) is 5.56. The van der Waals surface area contributed by atoms with Crippen molar-refractivity contribution in [1.29, 1.82) is 0 Å². The van der Waals surface area contributed by atoms with Crippen LogP contribution in [0.5, 0.6) is 0 Å². The molecule has 2 aliphatic heterocycles. The molecule has 2 unspecified atom stereocenters. The second-order valence-electron chi connectivity index (χ2n) is 5.18. The molecule has 7 heteroatoms. The van der Waals surface area contributed by atoms with Gasteiger partial charge in [0.25, 0.3) is 5.56 Å². The van der Waals surface area contributed by atoms with Crippen LogP contribution < -0.4 is 15.8 Å². The minimum absolute atomic E-state index is 0.123. The van der Waals surface area contributed by atoms with Crippen molar-refractivity contribution in [3.63, 3.8) is 0 Å². The monoisotopic (exact) mass is 284 g/mol. The maximum Gasteiger partial charge on any atom is 0.287 e. The fourth-order valence-electron chi connectivity index (χ4n) is 2.98. The van der Waals surface area contributed by atoms with Gasteiger partial charge >= 0.3 is 0 Å². The lowest BCUT2D eigenvalue weighted by Gasteiger charge is -2.20. The number of aliphatic hydroxyl groups is 1. The average Bonchev–Trinajstić information content (AvgIpc) is 2.96. The van der Waals surface area contributed by atoms with Gasteiger partial charge in [0.1, 0.15) is 5.02 Å². The lowest BCUT2D eigenvalue weighted by atomic mass is 10.0. The Bertz CT molecular complexity index is 521. The molecule has 0 saturated carbocycles. The molecule has 0 amide bonds. The highest BCUT2D eigenvalue weighted by molar-refractivity contribution is 6.33. The molecule has 1 aromatic rings. The summed E-state index contributed by atoms with van der Waals surface area (Å²) in [7, 11) is 0. The molecule has 1 aromatic heterocycles. The van der Waals surface area contributed by atoms with Gasteiger partial charge in [-0.1, -0.05) is 11.6 Å². The van der Waals surface area contributed by atoms with E-state index in [0.29, 0.717) is 11.8 Å². The lowest BCUT2D eigenvalue weighted by Crippen LogP contribution is -2.30. The molecule has 2 aliphatic rings. The van der Waals surface area contributed by atoms with Crippen molar-refractivity contribution in [1.82, 2.24) is 15.1 Å². The van der Waals surface area contributed by atoms with Crippen LogP contribution in [-0.2, 0) is 6.54 Å². The van der Waals surface area contributed by atoms with E-state index in [4.69, 9.17) is 16.7 Å². The SMILES string of the molecule is O=c1c(Cl)c(N2CC3CNCC3C2)cnn1CCO. The van der Waals surface area contributed by atoms with Gasteiger partial charge in [0.15, 0.2) is 0 Å². The quantitative estimate of drug-likeness (QED) is 0.786.